The molecule has 9 heteroatoms. The first-order valence-corrected chi connectivity index (χ1v) is 16.2. The number of halogens is 1. The molecule has 5 aromatic rings. The minimum atomic E-state index is -0.626. The average molecular weight is 663 g/mol. The quantitative estimate of drug-likeness (QED) is 0.145. The van der Waals surface area contributed by atoms with E-state index < -0.39 is 36.2 Å². The van der Waals surface area contributed by atoms with Crippen molar-refractivity contribution in [2.75, 3.05) is 0 Å². The molecule has 0 spiro atoms. The van der Waals surface area contributed by atoms with Crippen molar-refractivity contribution in [2.24, 2.45) is 0 Å². The molecule has 0 bridgehead atoms. The van der Waals surface area contributed by atoms with E-state index in [1.807, 2.05) is 104 Å². The first-order chi connectivity index (χ1) is 23.1. The van der Waals surface area contributed by atoms with Gasteiger partial charge in [-0.3, -0.25) is 9.59 Å². The van der Waals surface area contributed by atoms with Crippen LogP contribution in [0.5, 0.6) is 0 Å². The largest absolute Gasteiger partial charge is 0.457 e. The third kappa shape index (κ3) is 6.62. The molecule has 48 heavy (non-hydrogen) atoms. The maximum atomic E-state index is 13.5. The van der Waals surface area contributed by atoms with Gasteiger partial charge in [-0.05, 0) is 56.0 Å². The zero-order valence-electron chi connectivity index (χ0n) is 27.1. The highest BCUT2D eigenvalue weighted by atomic mass is 35.5. The zero-order chi connectivity index (χ0) is 33.9. The first-order valence-electron chi connectivity index (χ1n) is 15.8. The van der Waals surface area contributed by atoms with Crippen LogP contribution in [0.1, 0.15) is 66.8 Å². The van der Waals surface area contributed by atoms with E-state index in [1.165, 1.54) is 4.90 Å². The lowest BCUT2D eigenvalue weighted by Crippen LogP contribution is -2.40. The summed E-state index contributed by atoms with van der Waals surface area (Å²) < 4.78 is 16.9. The maximum Gasteiger partial charge on any atom is 0.417 e. The van der Waals surface area contributed by atoms with E-state index in [0.717, 1.165) is 33.4 Å². The Balaban J connectivity index is 1.12. The van der Waals surface area contributed by atoms with Crippen molar-refractivity contribution in [2.45, 2.75) is 58.3 Å². The molecule has 244 valence electrons. The molecule has 0 radical (unpaired) electrons. The molecule has 1 saturated heterocycles. The fraction of sp³-hybridized carbons (Fsp3) is 0.231. The number of hydrogen-bond donors (Lipinski definition) is 0. The molecule has 1 aliphatic rings. The number of hydrogen-bond acceptors (Lipinski definition) is 7. The molecule has 6 rings (SSSR count). The van der Waals surface area contributed by atoms with Gasteiger partial charge in [0.25, 0.3) is 0 Å². The highest BCUT2D eigenvalue weighted by Crippen LogP contribution is 2.35. The van der Waals surface area contributed by atoms with Crippen LogP contribution >= 0.6 is 11.6 Å². The van der Waals surface area contributed by atoms with Gasteiger partial charge in [0.2, 0.25) is 5.91 Å². The molecule has 1 fully saturated rings. The number of amides is 2. The van der Waals surface area contributed by atoms with Crippen LogP contribution in [0.15, 0.2) is 108 Å². The van der Waals surface area contributed by atoms with Gasteiger partial charge < -0.3 is 14.0 Å². The summed E-state index contributed by atoms with van der Waals surface area (Å²) in [5.74, 6) is -0.749. The highest BCUT2D eigenvalue weighted by molar-refractivity contribution is 6.31. The number of ether oxygens (including phenoxy) is 2. The van der Waals surface area contributed by atoms with Crippen molar-refractivity contribution < 1.29 is 28.4 Å². The second-order valence-electron chi connectivity index (χ2n) is 12.0. The molecule has 2 amide bonds. The van der Waals surface area contributed by atoms with Crippen LogP contribution in [0, 0.1) is 6.92 Å². The minimum absolute atomic E-state index is 0.000414. The van der Waals surface area contributed by atoms with E-state index >= 15 is 0 Å². The molecule has 8 nitrogen and oxygen atoms in total. The van der Waals surface area contributed by atoms with E-state index in [9.17, 15) is 14.4 Å². The van der Waals surface area contributed by atoms with Crippen LogP contribution < -0.4 is 0 Å². The Bertz CT molecular complexity index is 1940. The van der Waals surface area contributed by atoms with Crippen LogP contribution in [0.3, 0.4) is 0 Å². The van der Waals surface area contributed by atoms with Crippen LogP contribution in [0.2, 0.25) is 5.02 Å². The standard InChI is InChI=1S/C39H35ClN2O6/c1-23(38(44)42-25(3)36(47-39(42)45)30-10-6-5-7-11-30)27-14-16-28(17-15-27)29-18-20-31(21-19-29)37-33(24(2)41-48-37)22-35(43)46-26(4)32-12-8-9-13-34(32)40/h5-21,23,25-26,36H,22H2,1-4H3/t23?,25-,26-,36-/m1/s1. The fourth-order valence-corrected chi connectivity index (χ4v) is 6.34. The van der Waals surface area contributed by atoms with Crippen LogP contribution in [-0.2, 0) is 25.5 Å². The van der Waals surface area contributed by atoms with Crippen LogP contribution in [-0.4, -0.2) is 34.1 Å². The van der Waals surface area contributed by atoms with Gasteiger partial charge >= 0.3 is 12.1 Å². The Morgan fingerprint density at radius 2 is 1.48 bits per heavy atom. The van der Waals surface area contributed by atoms with Gasteiger partial charge in [-0.1, -0.05) is 114 Å². The normalized spacial score (nSPS) is 17.1. The molecule has 1 aliphatic heterocycles. The van der Waals surface area contributed by atoms with Crippen molar-refractivity contribution in [3.63, 3.8) is 0 Å². The van der Waals surface area contributed by atoms with Crippen molar-refractivity contribution in [1.29, 1.82) is 0 Å². The number of benzene rings is 4. The summed E-state index contributed by atoms with van der Waals surface area (Å²) >= 11 is 6.28. The van der Waals surface area contributed by atoms with Gasteiger partial charge in [-0.2, -0.15) is 0 Å². The molecule has 2 heterocycles. The number of aryl methyl sites for hydroxylation is 1. The average Bonchev–Trinajstić information content (AvgIpc) is 3.61. The van der Waals surface area contributed by atoms with E-state index in [-0.39, 0.29) is 12.3 Å². The maximum absolute atomic E-state index is 13.5. The monoisotopic (exact) mass is 662 g/mol. The number of esters is 1. The van der Waals surface area contributed by atoms with E-state index in [1.54, 1.807) is 26.8 Å². The molecular weight excluding hydrogens is 628 g/mol. The predicted molar refractivity (Wildman–Crippen MR) is 182 cm³/mol. The summed E-state index contributed by atoms with van der Waals surface area (Å²) in [5, 5.41) is 4.65. The van der Waals surface area contributed by atoms with Gasteiger partial charge in [0.1, 0.15) is 12.2 Å². The first kappa shape index (κ1) is 32.7. The Morgan fingerprint density at radius 1 is 0.875 bits per heavy atom. The van der Waals surface area contributed by atoms with Gasteiger partial charge in [-0.25, -0.2) is 9.69 Å². The number of rotatable bonds is 9. The zero-order valence-corrected chi connectivity index (χ0v) is 27.8. The lowest BCUT2D eigenvalue weighted by molar-refractivity contribution is -0.147. The molecule has 1 aromatic heterocycles. The van der Waals surface area contributed by atoms with Crippen molar-refractivity contribution in [3.05, 3.63) is 136 Å². The molecule has 0 N–H and O–H groups in total. The third-order valence-corrected chi connectivity index (χ3v) is 9.20. The lowest BCUT2D eigenvalue weighted by atomic mass is 9.95. The Morgan fingerprint density at radius 3 is 2.15 bits per heavy atom. The topological polar surface area (TPSA) is 98.9 Å². The number of aromatic nitrogens is 1. The SMILES string of the molecule is Cc1noc(-c2ccc(-c3ccc(C(C)C(=O)N4C(=O)O[C@@H](c5ccccc5)[C@H]4C)cc3)cc2)c1CC(=O)O[C@H](C)c1ccccc1Cl. The summed E-state index contributed by atoms with van der Waals surface area (Å²) in [5.41, 5.74) is 6.34. The third-order valence-electron chi connectivity index (χ3n) is 8.85. The fourth-order valence-electron chi connectivity index (χ4n) is 6.05. The molecular formula is C39H35ClN2O6. The van der Waals surface area contributed by atoms with Crippen LogP contribution in [0.25, 0.3) is 22.5 Å². The predicted octanol–water partition coefficient (Wildman–Crippen LogP) is 9.03. The highest BCUT2D eigenvalue weighted by Gasteiger charge is 2.44. The van der Waals surface area contributed by atoms with Gasteiger partial charge in [0, 0.05) is 21.7 Å². The molecule has 4 atom stereocenters. The summed E-state index contributed by atoms with van der Waals surface area (Å²) in [6.07, 6.45) is -1.64. The number of cyclic esters (lactones) is 1. The van der Waals surface area contributed by atoms with Gasteiger partial charge in [0.05, 0.1) is 24.1 Å². The van der Waals surface area contributed by atoms with E-state index in [2.05, 4.69) is 5.16 Å². The second kappa shape index (κ2) is 13.9. The molecule has 0 saturated carbocycles. The van der Waals surface area contributed by atoms with Crippen molar-refractivity contribution in [3.8, 4) is 22.5 Å². The number of imide groups is 1. The minimum Gasteiger partial charge on any atom is -0.457 e. The lowest BCUT2D eigenvalue weighted by Gasteiger charge is -2.22. The van der Waals surface area contributed by atoms with Crippen molar-refractivity contribution in [1.82, 2.24) is 10.1 Å². The summed E-state index contributed by atoms with van der Waals surface area (Å²) in [6, 6.07) is 31.8. The molecule has 0 aliphatic carbocycles. The second-order valence-corrected chi connectivity index (χ2v) is 12.4. The molecule has 4 aromatic carbocycles. The Kier molecular flexibility index (Phi) is 9.46. The van der Waals surface area contributed by atoms with Gasteiger partial charge in [-0.15, -0.1) is 0 Å². The Labute approximate surface area is 284 Å². The molecule has 1 unspecified atom stereocenters. The summed E-state index contributed by atoms with van der Waals surface area (Å²) in [6.45, 7) is 7.21. The summed E-state index contributed by atoms with van der Waals surface area (Å²) in [7, 11) is 0. The number of nitrogens with zero attached hydrogens (tertiary/aromatic N) is 2. The van der Waals surface area contributed by atoms with Crippen LogP contribution in [0.4, 0.5) is 4.79 Å². The van der Waals surface area contributed by atoms with Crippen molar-refractivity contribution >= 4 is 29.6 Å². The number of carbonyl (C=O) groups is 3. The smallest absolute Gasteiger partial charge is 0.417 e. The van der Waals surface area contributed by atoms with E-state index in [0.29, 0.717) is 22.0 Å². The Hall–Kier alpha value is -5.21. The summed E-state index contributed by atoms with van der Waals surface area (Å²) in [4.78, 5) is 40.3. The van der Waals surface area contributed by atoms with Gasteiger partial charge in [0.15, 0.2) is 5.76 Å². The van der Waals surface area contributed by atoms with E-state index in [4.69, 9.17) is 25.6 Å². The number of carbonyl (C=O) groups excluding carboxylic acids is 3.